The van der Waals surface area contributed by atoms with Gasteiger partial charge in [0, 0.05) is 19.6 Å². The van der Waals surface area contributed by atoms with E-state index in [1.165, 1.54) is 31.2 Å². The molecule has 38 heavy (non-hydrogen) atoms. The predicted octanol–water partition coefficient (Wildman–Crippen LogP) is 4.63. The second kappa shape index (κ2) is 14.1. The lowest BCUT2D eigenvalue weighted by atomic mass is 9.81. The van der Waals surface area contributed by atoms with Gasteiger partial charge >= 0.3 is 5.97 Å². The number of hydrogen-bond donors (Lipinski definition) is 1. The minimum Gasteiger partial charge on any atom is -0.462 e. The number of ether oxygens (including phenoxy) is 1. The Morgan fingerprint density at radius 2 is 1.68 bits per heavy atom. The van der Waals surface area contributed by atoms with Crippen molar-refractivity contribution in [3.05, 3.63) is 35.9 Å². The minimum atomic E-state index is -0.815. The first-order valence-electron chi connectivity index (χ1n) is 15.1. The molecule has 1 N–H and O–H groups in total. The van der Waals surface area contributed by atoms with Crippen molar-refractivity contribution in [2.75, 3.05) is 26.2 Å². The number of piperidine rings is 1. The molecule has 0 radical (unpaired) electrons. The van der Waals surface area contributed by atoms with Gasteiger partial charge < -0.3 is 19.9 Å². The molecule has 1 saturated carbocycles. The van der Waals surface area contributed by atoms with Crippen LogP contribution in [0.2, 0.25) is 0 Å². The third-order valence-electron chi connectivity index (χ3n) is 8.69. The zero-order valence-corrected chi connectivity index (χ0v) is 23.3. The van der Waals surface area contributed by atoms with Crippen LogP contribution in [0.15, 0.2) is 30.3 Å². The van der Waals surface area contributed by atoms with Crippen LogP contribution in [0.25, 0.3) is 0 Å². The van der Waals surface area contributed by atoms with Crippen LogP contribution in [-0.4, -0.2) is 71.4 Å². The number of likely N-dealkylation sites (tertiary alicyclic amines) is 1. The van der Waals surface area contributed by atoms with Crippen LogP contribution in [0.4, 0.5) is 0 Å². The molecule has 2 heterocycles. The number of nitrogens with zero attached hydrogens (tertiary/aromatic N) is 2. The summed E-state index contributed by atoms with van der Waals surface area (Å²) in [6, 6.07) is 9.85. The molecule has 7 nitrogen and oxygen atoms in total. The average Bonchev–Trinajstić information content (AvgIpc) is 2.93. The lowest BCUT2D eigenvalue weighted by molar-refractivity contribution is -0.164. The smallest absolute Gasteiger partial charge is 0.308 e. The Balaban J connectivity index is 1.22. The standard InChI is InChI=1S/C31H47N3O4/c1-2-20-34-29(36)27(24-28(35)38-26-16-10-6-11-17-26)32-30(37)31(34)18-22-33(23-19-31)21-12-4-3-7-13-25-14-8-5-9-15-25/h5,8-9,14-15,26-27H,2-4,6-7,10-13,16-24H2,1H3,(H,32,37)/t27-/m0/s1. The van der Waals surface area contributed by atoms with E-state index in [0.29, 0.717) is 19.4 Å². The molecular formula is C31H47N3O4. The number of rotatable bonds is 12. The fraction of sp³-hybridized carbons (Fsp3) is 0.710. The molecule has 2 amide bonds. The van der Waals surface area contributed by atoms with Gasteiger partial charge in [0.2, 0.25) is 11.8 Å². The van der Waals surface area contributed by atoms with Crippen molar-refractivity contribution < 1.29 is 19.1 Å². The molecule has 0 bridgehead atoms. The van der Waals surface area contributed by atoms with E-state index < -0.39 is 11.6 Å². The summed E-state index contributed by atoms with van der Waals surface area (Å²) < 4.78 is 5.64. The van der Waals surface area contributed by atoms with Gasteiger partial charge in [-0.2, -0.15) is 0 Å². The monoisotopic (exact) mass is 525 g/mol. The number of esters is 1. The van der Waals surface area contributed by atoms with Gasteiger partial charge in [-0.05, 0) is 76.3 Å². The maximum Gasteiger partial charge on any atom is 0.308 e. The van der Waals surface area contributed by atoms with Crippen LogP contribution in [0.1, 0.15) is 96.0 Å². The summed E-state index contributed by atoms with van der Waals surface area (Å²) in [7, 11) is 0. The van der Waals surface area contributed by atoms with Crippen LogP contribution in [0.3, 0.4) is 0 Å². The van der Waals surface area contributed by atoms with Crippen molar-refractivity contribution >= 4 is 17.8 Å². The van der Waals surface area contributed by atoms with Gasteiger partial charge in [0.05, 0.1) is 6.42 Å². The number of hydrogen-bond acceptors (Lipinski definition) is 5. The van der Waals surface area contributed by atoms with Gasteiger partial charge in [-0.1, -0.05) is 56.5 Å². The number of carbonyl (C=O) groups is 3. The van der Waals surface area contributed by atoms with Gasteiger partial charge in [-0.3, -0.25) is 14.4 Å². The van der Waals surface area contributed by atoms with Crippen LogP contribution < -0.4 is 5.32 Å². The predicted molar refractivity (Wildman–Crippen MR) is 149 cm³/mol. The molecule has 1 atom stereocenters. The summed E-state index contributed by atoms with van der Waals surface area (Å²) in [5, 5.41) is 2.93. The topological polar surface area (TPSA) is 79.0 Å². The molecule has 0 aromatic heterocycles. The van der Waals surface area contributed by atoms with E-state index >= 15 is 0 Å². The van der Waals surface area contributed by atoms with E-state index in [-0.39, 0.29) is 30.3 Å². The van der Waals surface area contributed by atoms with E-state index in [1.54, 1.807) is 4.90 Å². The lowest BCUT2D eigenvalue weighted by Crippen LogP contribution is -2.73. The van der Waals surface area contributed by atoms with E-state index in [2.05, 4.69) is 40.5 Å². The molecule has 7 heteroatoms. The number of aryl methyl sites for hydroxylation is 1. The molecule has 1 aromatic carbocycles. The highest BCUT2D eigenvalue weighted by Crippen LogP contribution is 2.34. The first-order valence-corrected chi connectivity index (χ1v) is 15.1. The van der Waals surface area contributed by atoms with E-state index in [1.807, 2.05) is 6.92 Å². The highest BCUT2D eigenvalue weighted by molar-refractivity contribution is 6.01. The zero-order chi connectivity index (χ0) is 26.8. The number of piperazine rings is 1. The Morgan fingerprint density at radius 3 is 2.39 bits per heavy atom. The molecule has 3 fully saturated rings. The SMILES string of the molecule is CCCN1C(=O)[C@H](CC(=O)OC2CCCCC2)NC(=O)C12CCN(CCCCCCc1ccccc1)CC2. The highest BCUT2D eigenvalue weighted by atomic mass is 16.5. The first kappa shape index (κ1) is 28.6. The Bertz CT molecular complexity index is 907. The van der Waals surface area contributed by atoms with E-state index in [0.717, 1.165) is 64.6 Å². The Labute approximate surface area is 228 Å². The normalized spacial score (nSPS) is 22.4. The Hall–Kier alpha value is -2.41. The van der Waals surface area contributed by atoms with E-state index in [9.17, 15) is 14.4 Å². The van der Waals surface area contributed by atoms with Crippen LogP contribution in [0.5, 0.6) is 0 Å². The molecule has 1 aromatic rings. The molecule has 4 rings (SSSR count). The molecule has 2 aliphatic heterocycles. The average molecular weight is 526 g/mol. The summed E-state index contributed by atoms with van der Waals surface area (Å²) in [5.41, 5.74) is 0.623. The number of amides is 2. The number of nitrogens with one attached hydrogen (secondary N) is 1. The van der Waals surface area contributed by atoms with Crippen molar-refractivity contribution in [2.45, 2.75) is 114 Å². The van der Waals surface area contributed by atoms with Crippen LogP contribution in [-0.2, 0) is 25.5 Å². The van der Waals surface area contributed by atoms with Crippen LogP contribution in [0, 0.1) is 0 Å². The lowest BCUT2D eigenvalue weighted by Gasteiger charge is -2.51. The fourth-order valence-electron chi connectivity index (χ4n) is 6.45. The maximum atomic E-state index is 13.5. The highest BCUT2D eigenvalue weighted by Gasteiger charge is 2.53. The third kappa shape index (κ3) is 7.37. The molecule has 1 aliphatic carbocycles. The van der Waals surface area contributed by atoms with Gasteiger partial charge in [-0.15, -0.1) is 0 Å². The summed E-state index contributed by atoms with van der Waals surface area (Å²) in [6.07, 6.45) is 13.1. The number of unbranched alkanes of at least 4 members (excludes halogenated alkanes) is 3. The third-order valence-corrected chi connectivity index (χ3v) is 8.69. The molecule has 0 unspecified atom stereocenters. The number of carbonyl (C=O) groups excluding carboxylic acids is 3. The van der Waals surface area contributed by atoms with Gasteiger partial charge in [0.1, 0.15) is 17.7 Å². The van der Waals surface area contributed by atoms with Crippen LogP contribution >= 0.6 is 0 Å². The molecule has 3 aliphatic rings. The maximum absolute atomic E-state index is 13.5. The summed E-state index contributed by atoms with van der Waals surface area (Å²) in [5.74, 6) is -0.595. The van der Waals surface area contributed by atoms with Crippen molar-refractivity contribution in [1.82, 2.24) is 15.1 Å². The van der Waals surface area contributed by atoms with Gasteiger partial charge in [0.15, 0.2) is 0 Å². The van der Waals surface area contributed by atoms with Gasteiger partial charge in [0.25, 0.3) is 0 Å². The van der Waals surface area contributed by atoms with Crippen molar-refractivity contribution in [3.8, 4) is 0 Å². The number of benzene rings is 1. The van der Waals surface area contributed by atoms with E-state index in [4.69, 9.17) is 4.74 Å². The molecule has 2 saturated heterocycles. The quantitative estimate of drug-likeness (QED) is 0.318. The summed E-state index contributed by atoms with van der Waals surface area (Å²) in [4.78, 5) is 43.8. The van der Waals surface area contributed by atoms with Crippen molar-refractivity contribution in [2.24, 2.45) is 0 Å². The Kier molecular flexibility index (Phi) is 10.6. The van der Waals surface area contributed by atoms with Crippen molar-refractivity contribution in [1.29, 1.82) is 0 Å². The molecule has 210 valence electrons. The molecule has 1 spiro atoms. The largest absolute Gasteiger partial charge is 0.462 e. The van der Waals surface area contributed by atoms with Crippen molar-refractivity contribution in [3.63, 3.8) is 0 Å². The first-order chi connectivity index (χ1) is 18.5. The zero-order valence-electron chi connectivity index (χ0n) is 23.3. The summed E-state index contributed by atoms with van der Waals surface area (Å²) in [6.45, 7) is 5.26. The minimum absolute atomic E-state index is 0.0445. The summed E-state index contributed by atoms with van der Waals surface area (Å²) >= 11 is 0. The fourth-order valence-corrected chi connectivity index (χ4v) is 6.45. The Morgan fingerprint density at radius 1 is 0.974 bits per heavy atom. The second-order valence-electron chi connectivity index (χ2n) is 11.5. The van der Waals surface area contributed by atoms with Gasteiger partial charge in [-0.25, -0.2) is 0 Å². The second-order valence-corrected chi connectivity index (χ2v) is 11.5. The molecular weight excluding hydrogens is 478 g/mol.